The number of nitrogen functional groups attached to an aromatic ring is 1. The van der Waals surface area contributed by atoms with Crippen molar-refractivity contribution in [1.29, 1.82) is 0 Å². The first kappa shape index (κ1) is 8.80. The van der Waals surface area contributed by atoms with Crippen molar-refractivity contribution in [2.24, 2.45) is 0 Å². The Kier molecular flexibility index (Phi) is 2.22. The Morgan fingerprint density at radius 2 is 2.36 bits per heavy atom. The van der Waals surface area contributed by atoms with Crippen LogP contribution in [0, 0.1) is 0 Å². The molecule has 14 heavy (non-hydrogen) atoms. The van der Waals surface area contributed by atoms with Crippen LogP contribution >= 0.6 is 0 Å². The molecular formula is C9H12N4O. The van der Waals surface area contributed by atoms with Crippen molar-refractivity contribution < 1.29 is 4.79 Å². The van der Waals surface area contributed by atoms with E-state index in [1.54, 1.807) is 12.3 Å². The second kappa shape index (κ2) is 3.53. The Morgan fingerprint density at radius 1 is 1.57 bits per heavy atom. The molecule has 4 N–H and O–H groups in total. The van der Waals surface area contributed by atoms with Crippen LogP contribution in [0.4, 0.5) is 16.2 Å². The standard InChI is InChI=1S/C9H12N4O/c10-7-5-11-4-3-8(7)13-9(14)12-6-1-2-6/h3-6H,1-2,10H2,(H2,11,12,13,14). The topological polar surface area (TPSA) is 80.0 Å². The number of rotatable bonds is 2. The fourth-order valence-electron chi connectivity index (χ4n) is 1.09. The van der Waals surface area contributed by atoms with Crippen molar-refractivity contribution in [3.63, 3.8) is 0 Å². The number of hydrogen-bond acceptors (Lipinski definition) is 3. The smallest absolute Gasteiger partial charge is 0.319 e. The van der Waals surface area contributed by atoms with Gasteiger partial charge in [0, 0.05) is 12.2 Å². The molecule has 0 radical (unpaired) electrons. The number of carbonyl (C=O) groups is 1. The zero-order valence-electron chi connectivity index (χ0n) is 7.66. The number of amides is 2. The van der Waals surface area contributed by atoms with E-state index in [1.807, 2.05) is 0 Å². The van der Waals surface area contributed by atoms with Crippen molar-refractivity contribution in [1.82, 2.24) is 10.3 Å². The predicted molar refractivity (Wildman–Crippen MR) is 53.8 cm³/mol. The van der Waals surface area contributed by atoms with Crippen LogP contribution in [0.2, 0.25) is 0 Å². The second-order valence-electron chi connectivity index (χ2n) is 3.34. The molecule has 1 saturated carbocycles. The minimum absolute atomic E-state index is 0.203. The number of hydrogen-bond donors (Lipinski definition) is 3. The molecule has 5 heteroatoms. The van der Waals surface area contributed by atoms with Gasteiger partial charge in [-0.2, -0.15) is 0 Å². The zero-order chi connectivity index (χ0) is 9.97. The van der Waals surface area contributed by atoms with Crippen LogP contribution in [0.25, 0.3) is 0 Å². The fourth-order valence-corrected chi connectivity index (χ4v) is 1.09. The summed E-state index contributed by atoms with van der Waals surface area (Å²) in [5.41, 5.74) is 6.68. The molecular weight excluding hydrogens is 180 g/mol. The molecule has 74 valence electrons. The molecule has 1 aromatic heterocycles. The third-order valence-corrected chi connectivity index (χ3v) is 2.01. The van der Waals surface area contributed by atoms with E-state index in [1.165, 1.54) is 6.20 Å². The molecule has 0 unspecified atom stereocenters. The number of nitrogens with one attached hydrogen (secondary N) is 2. The molecule has 0 atom stereocenters. The fraction of sp³-hybridized carbons (Fsp3) is 0.333. The number of nitrogens with two attached hydrogens (primary N) is 1. The van der Waals surface area contributed by atoms with E-state index >= 15 is 0 Å². The van der Waals surface area contributed by atoms with E-state index in [9.17, 15) is 4.79 Å². The van der Waals surface area contributed by atoms with Gasteiger partial charge in [-0.3, -0.25) is 4.98 Å². The molecule has 1 fully saturated rings. The molecule has 0 aromatic carbocycles. The van der Waals surface area contributed by atoms with E-state index in [4.69, 9.17) is 5.73 Å². The van der Waals surface area contributed by atoms with Gasteiger partial charge in [0.05, 0.1) is 17.6 Å². The quantitative estimate of drug-likeness (QED) is 0.652. The first-order valence-corrected chi connectivity index (χ1v) is 4.53. The van der Waals surface area contributed by atoms with E-state index in [0.29, 0.717) is 17.4 Å². The molecule has 0 saturated heterocycles. The van der Waals surface area contributed by atoms with Crippen molar-refractivity contribution >= 4 is 17.4 Å². The van der Waals surface area contributed by atoms with Crippen molar-refractivity contribution in [2.45, 2.75) is 18.9 Å². The maximum absolute atomic E-state index is 11.3. The lowest BCUT2D eigenvalue weighted by Gasteiger charge is -2.07. The number of anilines is 2. The lowest BCUT2D eigenvalue weighted by Crippen LogP contribution is -2.30. The Labute approximate surface area is 81.7 Å². The van der Waals surface area contributed by atoms with Gasteiger partial charge in [0.1, 0.15) is 0 Å². The van der Waals surface area contributed by atoms with Crippen LogP contribution in [0.5, 0.6) is 0 Å². The van der Waals surface area contributed by atoms with Gasteiger partial charge in [0.2, 0.25) is 0 Å². The van der Waals surface area contributed by atoms with Crippen LogP contribution in [0.3, 0.4) is 0 Å². The van der Waals surface area contributed by atoms with Gasteiger partial charge in [-0.15, -0.1) is 0 Å². The SMILES string of the molecule is Nc1cnccc1NC(=O)NC1CC1. The summed E-state index contributed by atoms with van der Waals surface area (Å²) in [5.74, 6) is 0. The van der Waals surface area contributed by atoms with Gasteiger partial charge < -0.3 is 16.4 Å². The van der Waals surface area contributed by atoms with Gasteiger partial charge in [0.25, 0.3) is 0 Å². The van der Waals surface area contributed by atoms with E-state index in [-0.39, 0.29) is 6.03 Å². The molecule has 0 spiro atoms. The van der Waals surface area contributed by atoms with E-state index in [2.05, 4.69) is 15.6 Å². The number of carbonyl (C=O) groups excluding carboxylic acids is 1. The lowest BCUT2D eigenvalue weighted by atomic mass is 10.3. The largest absolute Gasteiger partial charge is 0.396 e. The van der Waals surface area contributed by atoms with Crippen LogP contribution in [-0.4, -0.2) is 17.1 Å². The van der Waals surface area contributed by atoms with Gasteiger partial charge in [-0.05, 0) is 18.9 Å². The van der Waals surface area contributed by atoms with Gasteiger partial charge in [-0.25, -0.2) is 4.79 Å². The summed E-state index contributed by atoms with van der Waals surface area (Å²) in [4.78, 5) is 15.1. The maximum Gasteiger partial charge on any atom is 0.319 e. The van der Waals surface area contributed by atoms with E-state index in [0.717, 1.165) is 12.8 Å². The number of pyridine rings is 1. The van der Waals surface area contributed by atoms with Gasteiger partial charge in [-0.1, -0.05) is 0 Å². The molecule has 0 bridgehead atoms. The Balaban J connectivity index is 1.95. The van der Waals surface area contributed by atoms with Crippen molar-refractivity contribution in [2.75, 3.05) is 11.1 Å². The summed E-state index contributed by atoms with van der Waals surface area (Å²) in [7, 11) is 0. The highest BCUT2D eigenvalue weighted by Crippen LogP contribution is 2.19. The molecule has 2 amide bonds. The van der Waals surface area contributed by atoms with Crippen LogP contribution in [0.15, 0.2) is 18.5 Å². The molecule has 2 rings (SSSR count). The normalized spacial score (nSPS) is 14.9. The first-order chi connectivity index (χ1) is 6.75. The van der Waals surface area contributed by atoms with Gasteiger partial charge >= 0.3 is 6.03 Å². The Hall–Kier alpha value is -1.78. The maximum atomic E-state index is 11.3. The molecule has 1 heterocycles. The molecule has 0 aliphatic heterocycles. The molecule has 1 aromatic rings. The number of urea groups is 1. The second-order valence-corrected chi connectivity index (χ2v) is 3.34. The first-order valence-electron chi connectivity index (χ1n) is 4.53. The minimum Gasteiger partial charge on any atom is -0.396 e. The van der Waals surface area contributed by atoms with E-state index < -0.39 is 0 Å². The van der Waals surface area contributed by atoms with Crippen molar-refractivity contribution in [3.05, 3.63) is 18.5 Å². The highest BCUT2D eigenvalue weighted by Gasteiger charge is 2.23. The average Bonchev–Trinajstić information content (AvgIpc) is 2.93. The molecule has 5 nitrogen and oxygen atoms in total. The summed E-state index contributed by atoms with van der Waals surface area (Å²) in [5, 5.41) is 5.47. The average molecular weight is 192 g/mol. The summed E-state index contributed by atoms with van der Waals surface area (Å²) in [6, 6.07) is 1.81. The van der Waals surface area contributed by atoms with Crippen LogP contribution in [-0.2, 0) is 0 Å². The highest BCUT2D eigenvalue weighted by atomic mass is 16.2. The third-order valence-electron chi connectivity index (χ3n) is 2.01. The summed E-state index contributed by atoms with van der Waals surface area (Å²) >= 11 is 0. The zero-order valence-corrected chi connectivity index (χ0v) is 7.66. The summed E-state index contributed by atoms with van der Waals surface area (Å²) in [6.45, 7) is 0. The number of nitrogens with zero attached hydrogens (tertiary/aromatic N) is 1. The van der Waals surface area contributed by atoms with Crippen molar-refractivity contribution in [3.8, 4) is 0 Å². The van der Waals surface area contributed by atoms with Gasteiger partial charge in [0.15, 0.2) is 0 Å². The third kappa shape index (κ3) is 2.12. The lowest BCUT2D eigenvalue weighted by molar-refractivity contribution is 0.251. The molecule has 1 aliphatic carbocycles. The Bertz CT molecular complexity index is 348. The summed E-state index contributed by atoms with van der Waals surface area (Å²) in [6.07, 6.45) is 5.23. The van der Waals surface area contributed by atoms with Crippen LogP contribution < -0.4 is 16.4 Å². The monoisotopic (exact) mass is 192 g/mol. The minimum atomic E-state index is -0.203. The molecule has 1 aliphatic rings. The highest BCUT2D eigenvalue weighted by molar-refractivity contribution is 5.92. The number of aromatic nitrogens is 1. The Morgan fingerprint density at radius 3 is 3.00 bits per heavy atom. The predicted octanol–water partition coefficient (Wildman–Crippen LogP) is 0.948. The van der Waals surface area contributed by atoms with Crippen LogP contribution in [0.1, 0.15) is 12.8 Å². The summed E-state index contributed by atoms with van der Waals surface area (Å²) < 4.78 is 0.